The molecule has 2 heterocycles. The molecule has 0 saturated heterocycles. The fourth-order valence-electron chi connectivity index (χ4n) is 5.47. The third-order valence-corrected chi connectivity index (χ3v) is 7.45. The van der Waals surface area contributed by atoms with Gasteiger partial charge in [-0.15, -0.1) is 0 Å². The molecule has 6 rings (SSSR count). The first-order chi connectivity index (χ1) is 18.8. The van der Waals surface area contributed by atoms with Gasteiger partial charge in [-0.2, -0.15) is 0 Å². The van der Waals surface area contributed by atoms with Crippen molar-refractivity contribution < 1.29 is 18.1 Å². The van der Waals surface area contributed by atoms with Crippen LogP contribution in [0.5, 0.6) is 5.75 Å². The van der Waals surface area contributed by atoms with Crippen LogP contribution in [0.3, 0.4) is 0 Å². The molecule has 0 saturated carbocycles. The van der Waals surface area contributed by atoms with Gasteiger partial charge >= 0.3 is 0 Å². The number of pyridine rings is 1. The summed E-state index contributed by atoms with van der Waals surface area (Å²) < 4.78 is 30.3. The molecule has 4 heteroatoms. The Balaban J connectivity index is 1.68. The van der Waals surface area contributed by atoms with Crippen LogP contribution in [-0.4, -0.2) is 7.11 Å². The summed E-state index contributed by atoms with van der Waals surface area (Å²) in [5.74, 6) is 0.410. The maximum absolute atomic E-state index is 15.6. The predicted octanol–water partition coefficient (Wildman–Crippen LogP) is 8.86. The van der Waals surface area contributed by atoms with Gasteiger partial charge in [0, 0.05) is 22.9 Å². The zero-order chi connectivity index (χ0) is 27.3. The molecule has 0 unspecified atom stereocenters. The highest BCUT2D eigenvalue weighted by molar-refractivity contribution is 6.15. The molecule has 39 heavy (non-hydrogen) atoms. The number of hydrogen-bond donors (Lipinski definition) is 0. The van der Waals surface area contributed by atoms with E-state index in [1.807, 2.05) is 84.5 Å². The van der Waals surface area contributed by atoms with Crippen molar-refractivity contribution in [2.45, 2.75) is 26.2 Å². The summed E-state index contributed by atoms with van der Waals surface area (Å²) in [4.78, 5) is 0. The van der Waals surface area contributed by atoms with Crippen LogP contribution in [0, 0.1) is 5.82 Å². The summed E-state index contributed by atoms with van der Waals surface area (Å²) in [5, 5.41) is 1.88. The molecule has 194 valence electrons. The summed E-state index contributed by atoms with van der Waals surface area (Å²) in [5.41, 5.74) is 7.36. The molecule has 4 aromatic carbocycles. The zero-order valence-corrected chi connectivity index (χ0v) is 22.9. The molecular weight excluding hydrogens is 485 g/mol. The Labute approximate surface area is 228 Å². The quantitative estimate of drug-likeness (QED) is 0.219. The maximum Gasteiger partial charge on any atom is 0.219 e. The van der Waals surface area contributed by atoms with Crippen LogP contribution in [0.1, 0.15) is 26.3 Å². The summed E-state index contributed by atoms with van der Waals surface area (Å²) in [7, 11) is 3.68. The lowest BCUT2D eigenvalue weighted by atomic mass is 9.82. The number of nitrogens with zero attached hydrogens (tertiary/aromatic N) is 1. The van der Waals surface area contributed by atoms with E-state index in [4.69, 9.17) is 9.15 Å². The van der Waals surface area contributed by atoms with E-state index in [1.165, 1.54) is 0 Å². The van der Waals surface area contributed by atoms with Crippen molar-refractivity contribution in [3.05, 3.63) is 109 Å². The highest BCUT2D eigenvalue weighted by atomic mass is 19.1. The minimum Gasteiger partial charge on any atom is -0.496 e. The second-order valence-corrected chi connectivity index (χ2v) is 11.0. The van der Waals surface area contributed by atoms with Crippen molar-refractivity contribution in [2.24, 2.45) is 7.05 Å². The van der Waals surface area contributed by atoms with Gasteiger partial charge in [-0.1, -0.05) is 75.4 Å². The van der Waals surface area contributed by atoms with Gasteiger partial charge in [0.25, 0.3) is 0 Å². The first-order valence-corrected chi connectivity index (χ1v) is 13.1. The van der Waals surface area contributed by atoms with E-state index in [9.17, 15) is 0 Å². The molecule has 0 aliphatic carbocycles. The molecule has 0 aliphatic rings. The first-order valence-electron chi connectivity index (χ1n) is 13.1. The number of hydrogen-bond acceptors (Lipinski definition) is 2. The average Bonchev–Trinajstić information content (AvgIpc) is 3.31. The zero-order valence-electron chi connectivity index (χ0n) is 22.9. The minimum absolute atomic E-state index is 0.203. The fraction of sp³-hybridized carbons (Fsp3) is 0.171. The number of aryl methyl sites for hydroxylation is 1. The Morgan fingerprint density at radius 3 is 2.08 bits per heavy atom. The highest BCUT2D eigenvalue weighted by Gasteiger charge is 2.30. The number of halogens is 1. The van der Waals surface area contributed by atoms with Gasteiger partial charge in [0.15, 0.2) is 11.8 Å². The Kier molecular flexibility index (Phi) is 5.99. The Hall–Kier alpha value is -4.44. The summed E-state index contributed by atoms with van der Waals surface area (Å²) in [6.07, 6.45) is 2.00. The SMILES string of the molecule is COc1cc(C(C)(C)C)c2c(oc3c(-c4ccc(-c5ccccc5)cc4)c(F)ccc32)c1-c1cccc[n+]1C. The summed E-state index contributed by atoms with van der Waals surface area (Å²) in [6.45, 7) is 6.53. The molecule has 0 radical (unpaired) electrons. The van der Waals surface area contributed by atoms with Crippen LogP contribution in [0.25, 0.3) is 55.4 Å². The molecule has 0 atom stereocenters. The number of rotatable bonds is 4. The molecule has 0 N–H and O–H groups in total. The number of aromatic nitrogens is 1. The van der Waals surface area contributed by atoms with E-state index in [1.54, 1.807) is 13.2 Å². The fourth-order valence-corrected chi connectivity index (χ4v) is 5.47. The molecule has 0 amide bonds. The van der Waals surface area contributed by atoms with Crippen LogP contribution in [-0.2, 0) is 12.5 Å². The molecule has 3 nitrogen and oxygen atoms in total. The molecule has 0 spiro atoms. The topological polar surface area (TPSA) is 26.2 Å². The standard InChI is InChI=1S/C35H31FNO2/c1-35(2,3)26-21-29(38-5)32(28-13-9-10-20-37(28)4)34-31(26)25-18-19-27(36)30(33(25)39-34)24-16-14-23(15-17-24)22-11-7-6-8-12-22/h6-21H,1-5H3/q+1. The number of fused-ring (bicyclic) bond motifs is 3. The van der Waals surface area contributed by atoms with Gasteiger partial charge in [-0.3, -0.25) is 0 Å². The molecule has 6 aromatic rings. The second kappa shape index (κ2) is 9.39. The Morgan fingerprint density at radius 1 is 0.744 bits per heavy atom. The van der Waals surface area contributed by atoms with Crippen LogP contribution < -0.4 is 9.30 Å². The average molecular weight is 517 g/mol. The van der Waals surface area contributed by atoms with Crippen molar-refractivity contribution in [1.82, 2.24) is 0 Å². The Bertz CT molecular complexity index is 1830. The minimum atomic E-state index is -0.315. The van der Waals surface area contributed by atoms with Crippen molar-refractivity contribution in [3.63, 3.8) is 0 Å². The maximum atomic E-state index is 15.6. The molecule has 0 aliphatic heterocycles. The first kappa shape index (κ1) is 24.9. The van der Waals surface area contributed by atoms with E-state index in [0.717, 1.165) is 50.0 Å². The number of furan rings is 1. The van der Waals surface area contributed by atoms with Gasteiger partial charge < -0.3 is 9.15 Å². The smallest absolute Gasteiger partial charge is 0.219 e. The molecular formula is C35H31FNO2+. The van der Waals surface area contributed by atoms with Crippen LogP contribution in [0.2, 0.25) is 0 Å². The summed E-state index contributed by atoms with van der Waals surface area (Å²) in [6, 6.07) is 29.7. The lowest BCUT2D eigenvalue weighted by molar-refractivity contribution is -0.660. The van der Waals surface area contributed by atoms with Crippen molar-refractivity contribution in [1.29, 1.82) is 0 Å². The van der Waals surface area contributed by atoms with E-state index >= 15 is 4.39 Å². The van der Waals surface area contributed by atoms with E-state index < -0.39 is 0 Å². The monoisotopic (exact) mass is 516 g/mol. The number of methoxy groups -OCH3 is 1. The van der Waals surface area contributed by atoms with Gasteiger partial charge in [-0.05, 0) is 51.9 Å². The highest BCUT2D eigenvalue weighted by Crippen LogP contribution is 2.48. The normalized spacial score (nSPS) is 11.8. The second-order valence-electron chi connectivity index (χ2n) is 11.0. The van der Waals surface area contributed by atoms with E-state index in [2.05, 4.69) is 39.0 Å². The van der Waals surface area contributed by atoms with Gasteiger partial charge in [0.05, 0.1) is 12.7 Å². The molecule has 2 aromatic heterocycles. The van der Waals surface area contributed by atoms with Crippen LogP contribution >= 0.6 is 0 Å². The van der Waals surface area contributed by atoms with Crippen LogP contribution in [0.4, 0.5) is 4.39 Å². The number of benzene rings is 4. The van der Waals surface area contributed by atoms with Crippen molar-refractivity contribution >= 4 is 21.9 Å². The molecule has 0 fully saturated rings. The van der Waals surface area contributed by atoms with Gasteiger partial charge in [0.2, 0.25) is 5.69 Å². The lowest BCUT2D eigenvalue weighted by Gasteiger charge is -2.22. The third-order valence-electron chi connectivity index (χ3n) is 7.45. The lowest BCUT2D eigenvalue weighted by Crippen LogP contribution is -2.30. The summed E-state index contributed by atoms with van der Waals surface area (Å²) >= 11 is 0. The third kappa shape index (κ3) is 4.17. The van der Waals surface area contributed by atoms with Gasteiger partial charge in [-0.25, -0.2) is 8.96 Å². The van der Waals surface area contributed by atoms with Crippen LogP contribution in [0.15, 0.2) is 102 Å². The Morgan fingerprint density at radius 2 is 1.41 bits per heavy atom. The van der Waals surface area contributed by atoms with Crippen molar-refractivity contribution in [2.75, 3.05) is 7.11 Å². The number of ether oxygens (including phenoxy) is 1. The molecule has 0 bridgehead atoms. The van der Waals surface area contributed by atoms with Gasteiger partial charge in [0.1, 0.15) is 29.8 Å². The van der Waals surface area contributed by atoms with E-state index in [-0.39, 0.29) is 11.2 Å². The van der Waals surface area contributed by atoms with Crippen molar-refractivity contribution in [3.8, 4) is 39.3 Å². The largest absolute Gasteiger partial charge is 0.496 e. The predicted molar refractivity (Wildman–Crippen MR) is 156 cm³/mol. The van der Waals surface area contributed by atoms with E-state index in [0.29, 0.717) is 16.7 Å².